The Bertz CT molecular complexity index is 447. The zero-order chi connectivity index (χ0) is 15.4. The van der Waals surface area contributed by atoms with Gasteiger partial charge in [0, 0.05) is 18.6 Å². The number of nitrogens with two attached hydrogens (primary N) is 1. The quantitative estimate of drug-likeness (QED) is 0.871. The summed E-state index contributed by atoms with van der Waals surface area (Å²) in [6.07, 6.45) is 2.51. The summed E-state index contributed by atoms with van der Waals surface area (Å²) in [7, 11) is 6.00. The van der Waals surface area contributed by atoms with Crippen LogP contribution >= 0.6 is 0 Å². The Morgan fingerprint density at radius 2 is 2.19 bits per heavy atom. The first-order chi connectivity index (χ1) is 10.0. The number of methoxy groups -OCH3 is 1. The number of nitrogens with zero attached hydrogens (tertiary/aromatic N) is 2. The fraction of sp³-hybridized carbons (Fsp3) is 0.647. The van der Waals surface area contributed by atoms with E-state index >= 15 is 0 Å². The van der Waals surface area contributed by atoms with E-state index in [4.69, 9.17) is 10.5 Å². The van der Waals surface area contributed by atoms with Crippen LogP contribution in [-0.2, 0) is 0 Å². The van der Waals surface area contributed by atoms with Crippen LogP contribution in [0.5, 0.6) is 5.75 Å². The molecule has 0 amide bonds. The molecule has 0 aliphatic carbocycles. The molecule has 0 radical (unpaired) electrons. The molecule has 4 heteroatoms. The van der Waals surface area contributed by atoms with E-state index in [1.165, 1.54) is 18.4 Å². The van der Waals surface area contributed by atoms with Crippen molar-refractivity contribution in [1.82, 2.24) is 9.80 Å². The van der Waals surface area contributed by atoms with E-state index in [1.807, 2.05) is 6.07 Å². The van der Waals surface area contributed by atoms with Gasteiger partial charge in [-0.3, -0.25) is 4.90 Å². The molecule has 0 bridgehead atoms. The normalized spacial score (nSPS) is 22.5. The topological polar surface area (TPSA) is 41.7 Å². The third kappa shape index (κ3) is 3.96. The maximum Gasteiger partial charge on any atom is 0.119 e. The molecular formula is C17H29N3O. The van der Waals surface area contributed by atoms with Crippen molar-refractivity contribution in [3.63, 3.8) is 0 Å². The van der Waals surface area contributed by atoms with E-state index in [-0.39, 0.29) is 12.1 Å². The minimum absolute atomic E-state index is 0.0971. The van der Waals surface area contributed by atoms with Crippen LogP contribution in [0, 0.1) is 0 Å². The van der Waals surface area contributed by atoms with Gasteiger partial charge in [0.2, 0.25) is 0 Å². The summed E-state index contributed by atoms with van der Waals surface area (Å²) in [5, 5.41) is 0. The van der Waals surface area contributed by atoms with Gasteiger partial charge in [-0.15, -0.1) is 0 Å². The fourth-order valence-corrected chi connectivity index (χ4v) is 3.46. The smallest absolute Gasteiger partial charge is 0.119 e. The van der Waals surface area contributed by atoms with Crippen molar-refractivity contribution < 1.29 is 4.74 Å². The second-order valence-electron chi connectivity index (χ2n) is 6.38. The zero-order valence-corrected chi connectivity index (χ0v) is 13.7. The highest BCUT2D eigenvalue weighted by Crippen LogP contribution is 2.33. The summed E-state index contributed by atoms with van der Waals surface area (Å²) >= 11 is 0. The van der Waals surface area contributed by atoms with E-state index < -0.39 is 0 Å². The first-order valence-corrected chi connectivity index (χ1v) is 7.83. The first-order valence-electron chi connectivity index (χ1n) is 7.83. The first kappa shape index (κ1) is 16.3. The van der Waals surface area contributed by atoms with E-state index in [9.17, 15) is 0 Å². The molecule has 3 atom stereocenters. The number of likely N-dealkylation sites (N-methyl/N-ethyl adjacent to an activating group) is 1. The summed E-state index contributed by atoms with van der Waals surface area (Å²) in [4.78, 5) is 4.85. The molecule has 118 valence electrons. The van der Waals surface area contributed by atoms with Crippen molar-refractivity contribution in [2.45, 2.75) is 37.9 Å². The van der Waals surface area contributed by atoms with Crippen molar-refractivity contribution in [2.24, 2.45) is 5.73 Å². The Balaban J connectivity index is 2.25. The summed E-state index contributed by atoms with van der Waals surface area (Å²) in [6.45, 7) is 4.32. The Morgan fingerprint density at radius 3 is 2.81 bits per heavy atom. The number of ether oxygens (including phenoxy) is 1. The molecule has 1 aromatic carbocycles. The van der Waals surface area contributed by atoms with Gasteiger partial charge in [-0.2, -0.15) is 0 Å². The largest absolute Gasteiger partial charge is 0.497 e. The van der Waals surface area contributed by atoms with Gasteiger partial charge in [0.05, 0.1) is 13.2 Å². The standard InChI is InChI=1S/C17H29N3O/c1-13(18)17(14-7-5-9-16(11-14)21-4)20-10-6-8-15(20)12-19(2)3/h5,7,9,11,13,15,17H,6,8,10,12,18H2,1-4H3. The van der Waals surface area contributed by atoms with Crippen molar-refractivity contribution >= 4 is 0 Å². The van der Waals surface area contributed by atoms with E-state index in [1.54, 1.807) is 7.11 Å². The fourth-order valence-electron chi connectivity index (χ4n) is 3.46. The Kier molecular flexibility index (Phi) is 5.62. The monoisotopic (exact) mass is 291 g/mol. The molecule has 1 aromatic rings. The zero-order valence-electron chi connectivity index (χ0n) is 13.7. The molecule has 3 unspecified atom stereocenters. The number of benzene rings is 1. The molecule has 2 N–H and O–H groups in total. The average molecular weight is 291 g/mol. The third-order valence-corrected chi connectivity index (χ3v) is 4.29. The maximum atomic E-state index is 6.34. The van der Waals surface area contributed by atoms with E-state index in [0.717, 1.165) is 18.8 Å². The highest BCUT2D eigenvalue weighted by atomic mass is 16.5. The second-order valence-corrected chi connectivity index (χ2v) is 6.38. The van der Waals surface area contributed by atoms with Crippen LogP contribution in [0.15, 0.2) is 24.3 Å². The van der Waals surface area contributed by atoms with Gasteiger partial charge in [0.15, 0.2) is 0 Å². The van der Waals surface area contributed by atoms with Gasteiger partial charge in [0.1, 0.15) is 5.75 Å². The van der Waals surface area contributed by atoms with Crippen LogP contribution in [0.3, 0.4) is 0 Å². The molecule has 0 aromatic heterocycles. The van der Waals surface area contributed by atoms with Gasteiger partial charge in [0.25, 0.3) is 0 Å². The van der Waals surface area contributed by atoms with E-state index in [0.29, 0.717) is 6.04 Å². The molecule has 0 spiro atoms. The lowest BCUT2D eigenvalue weighted by Gasteiger charge is -2.37. The van der Waals surface area contributed by atoms with Gasteiger partial charge in [-0.05, 0) is 58.1 Å². The third-order valence-electron chi connectivity index (χ3n) is 4.29. The minimum Gasteiger partial charge on any atom is -0.497 e. The summed E-state index contributed by atoms with van der Waals surface area (Å²) in [5.41, 5.74) is 7.60. The van der Waals surface area contributed by atoms with Crippen molar-refractivity contribution in [3.8, 4) is 5.75 Å². The van der Waals surface area contributed by atoms with Crippen molar-refractivity contribution in [2.75, 3.05) is 34.3 Å². The molecule has 1 aliphatic rings. The van der Waals surface area contributed by atoms with Gasteiger partial charge < -0.3 is 15.4 Å². The minimum atomic E-state index is 0.0971. The van der Waals surface area contributed by atoms with Crippen LogP contribution in [0.1, 0.15) is 31.4 Å². The Morgan fingerprint density at radius 1 is 1.43 bits per heavy atom. The van der Waals surface area contributed by atoms with E-state index in [2.05, 4.69) is 49.0 Å². The predicted octanol–water partition coefficient (Wildman–Crippen LogP) is 2.11. The van der Waals surface area contributed by atoms with Crippen molar-refractivity contribution in [1.29, 1.82) is 0 Å². The molecule has 4 nitrogen and oxygen atoms in total. The SMILES string of the molecule is COc1cccc(C(C(C)N)N2CCCC2CN(C)C)c1. The van der Waals surface area contributed by atoms with Gasteiger partial charge >= 0.3 is 0 Å². The average Bonchev–Trinajstić information content (AvgIpc) is 2.86. The van der Waals surface area contributed by atoms with Crippen LogP contribution in [0.4, 0.5) is 0 Å². The molecule has 1 fully saturated rings. The summed E-state index contributed by atoms with van der Waals surface area (Å²) in [6, 6.07) is 9.28. The van der Waals surface area contributed by atoms with Crippen LogP contribution < -0.4 is 10.5 Å². The lowest BCUT2D eigenvalue weighted by atomic mass is 9.98. The molecule has 2 rings (SSSR count). The lowest BCUT2D eigenvalue weighted by Crippen LogP contribution is -2.45. The number of likely N-dealkylation sites (tertiary alicyclic amines) is 1. The lowest BCUT2D eigenvalue weighted by molar-refractivity contribution is 0.137. The molecule has 1 aliphatic heterocycles. The molecule has 1 saturated heterocycles. The molecular weight excluding hydrogens is 262 g/mol. The number of rotatable bonds is 6. The van der Waals surface area contributed by atoms with Crippen molar-refractivity contribution in [3.05, 3.63) is 29.8 Å². The Hall–Kier alpha value is -1.10. The number of hydrogen-bond donors (Lipinski definition) is 1. The highest BCUT2D eigenvalue weighted by molar-refractivity contribution is 5.31. The van der Waals surface area contributed by atoms with Gasteiger partial charge in [-0.25, -0.2) is 0 Å². The molecule has 1 heterocycles. The molecule has 21 heavy (non-hydrogen) atoms. The summed E-state index contributed by atoms with van der Waals surface area (Å²) in [5.74, 6) is 0.904. The Labute approximate surface area is 128 Å². The highest BCUT2D eigenvalue weighted by Gasteiger charge is 2.33. The van der Waals surface area contributed by atoms with Gasteiger partial charge in [-0.1, -0.05) is 12.1 Å². The van der Waals surface area contributed by atoms with Crippen LogP contribution in [-0.4, -0.2) is 56.2 Å². The number of hydrogen-bond acceptors (Lipinski definition) is 4. The van der Waals surface area contributed by atoms with Crippen LogP contribution in [0.25, 0.3) is 0 Å². The second kappa shape index (κ2) is 7.25. The predicted molar refractivity (Wildman–Crippen MR) is 87.7 cm³/mol. The summed E-state index contributed by atoms with van der Waals surface area (Å²) < 4.78 is 5.37. The maximum absolute atomic E-state index is 6.34. The molecule has 0 saturated carbocycles. The van der Waals surface area contributed by atoms with Crippen LogP contribution in [0.2, 0.25) is 0 Å².